The fourth-order valence-corrected chi connectivity index (χ4v) is 1.26. The lowest BCUT2D eigenvalue weighted by molar-refractivity contribution is -0.00835. The smallest absolute Gasteiger partial charge is 0.0985 e. The van der Waals surface area contributed by atoms with E-state index in [1.807, 2.05) is 0 Å². The van der Waals surface area contributed by atoms with Gasteiger partial charge in [-0.2, -0.15) is 0 Å². The number of alkyl halides is 1. The molecule has 0 aromatic carbocycles. The zero-order valence-electron chi connectivity index (χ0n) is 7.35. The zero-order valence-corrected chi connectivity index (χ0v) is 7.35. The summed E-state index contributed by atoms with van der Waals surface area (Å²) in [5.41, 5.74) is -0.694. The lowest BCUT2D eigenvalue weighted by atomic mass is 9.84. The number of rotatable bonds is 3. The summed E-state index contributed by atoms with van der Waals surface area (Å²) in [6.45, 7) is 2.94. The second-order valence-electron chi connectivity index (χ2n) is 3.53. The van der Waals surface area contributed by atoms with E-state index < -0.39 is 12.1 Å². The van der Waals surface area contributed by atoms with E-state index in [4.69, 9.17) is 9.84 Å². The van der Waals surface area contributed by atoms with Crippen LogP contribution in [0.25, 0.3) is 0 Å². The molecule has 2 N–H and O–H groups in total. The first-order chi connectivity index (χ1) is 5.73. The highest BCUT2D eigenvalue weighted by molar-refractivity contribution is 4.88. The molecule has 3 nitrogen and oxygen atoms in total. The normalized spacial score (nSPS) is 29.8. The van der Waals surface area contributed by atoms with Crippen LogP contribution in [0.5, 0.6) is 0 Å². The third kappa shape index (κ3) is 1.94. The molecule has 12 heavy (non-hydrogen) atoms. The number of nitrogens with one attached hydrogen (secondary N) is 1. The first-order valence-electron chi connectivity index (χ1n) is 4.21. The van der Waals surface area contributed by atoms with E-state index in [9.17, 15) is 4.39 Å². The molecule has 0 saturated carbocycles. The number of hydrogen-bond acceptors (Lipinski definition) is 3. The molecule has 1 aliphatic heterocycles. The van der Waals surface area contributed by atoms with E-state index in [1.54, 1.807) is 6.92 Å². The van der Waals surface area contributed by atoms with Crippen molar-refractivity contribution in [1.29, 1.82) is 0 Å². The Kier molecular flexibility index (Phi) is 3.43. The van der Waals surface area contributed by atoms with Crippen molar-refractivity contribution < 1.29 is 14.2 Å². The molecule has 0 aliphatic carbocycles. The van der Waals surface area contributed by atoms with Gasteiger partial charge in [0.15, 0.2) is 0 Å². The Morgan fingerprint density at radius 3 is 2.92 bits per heavy atom. The fourth-order valence-electron chi connectivity index (χ4n) is 1.26. The van der Waals surface area contributed by atoms with Crippen molar-refractivity contribution in [2.24, 2.45) is 5.41 Å². The van der Waals surface area contributed by atoms with Gasteiger partial charge in [0.1, 0.15) is 0 Å². The molecule has 1 heterocycles. The maximum absolute atomic E-state index is 12.6. The molecular weight excluding hydrogens is 161 g/mol. The Labute approximate surface area is 71.9 Å². The molecule has 1 fully saturated rings. The van der Waals surface area contributed by atoms with Gasteiger partial charge in [-0.1, -0.05) is 6.92 Å². The molecule has 0 amide bonds. The highest BCUT2D eigenvalue weighted by Crippen LogP contribution is 2.22. The van der Waals surface area contributed by atoms with Crippen LogP contribution in [0.2, 0.25) is 0 Å². The number of aliphatic hydroxyl groups is 1. The van der Waals surface area contributed by atoms with Crippen molar-refractivity contribution in [2.45, 2.75) is 13.0 Å². The van der Waals surface area contributed by atoms with Crippen LogP contribution in [0.3, 0.4) is 0 Å². The first kappa shape index (κ1) is 9.89. The lowest BCUT2D eigenvalue weighted by Gasteiger charge is -2.36. The number of aliphatic hydroxyl groups excluding tert-OH is 1. The summed E-state index contributed by atoms with van der Waals surface area (Å²) in [7, 11) is 0. The number of halogens is 1. The molecule has 0 aromatic heterocycles. The Morgan fingerprint density at radius 1 is 1.75 bits per heavy atom. The summed E-state index contributed by atoms with van der Waals surface area (Å²) < 4.78 is 17.8. The van der Waals surface area contributed by atoms with E-state index >= 15 is 0 Å². The average Bonchev–Trinajstić information content (AvgIpc) is 2.18. The highest BCUT2D eigenvalue weighted by atomic mass is 19.1. The van der Waals surface area contributed by atoms with Crippen LogP contribution < -0.4 is 5.32 Å². The minimum absolute atomic E-state index is 0.0683. The summed E-state index contributed by atoms with van der Waals surface area (Å²) >= 11 is 0. The largest absolute Gasteiger partial charge is 0.396 e. The minimum Gasteiger partial charge on any atom is -0.396 e. The molecule has 1 saturated heterocycles. The van der Waals surface area contributed by atoms with Crippen LogP contribution in [-0.2, 0) is 4.74 Å². The second kappa shape index (κ2) is 4.16. The maximum Gasteiger partial charge on any atom is 0.0985 e. The van der Waals surface area contributed by atoms with E-state index in [-0.39, 0.29) is 12.6 Å². The third-order valence-corrected chi connectivity index (χ3v) is 2.43. The molecule has 1 rings (SSSR count). The summed E-state index contributed by atoms with van der Waals surface area (Å²) in [6, 6.07) is -0.0683. The summed E-state index contributed by atoms with van der Waals surface area (Å²) in [6.07, 6.45) is 0. The summed E-state index contributed by atoms with van der Waals surface area (Å²) in [5, 5.41) is 12.1. The molecule has 0 radical (unpaired) electrons. The van der Waals surface area contributed by atoms with E-state index in [0.717, 1.165) is 6.54 Å². The van der Waals surface area contributed by atoms with Crippen LogP contribution in [0.1, 0.15) is 6.92 Å². The molecule has 2 unspecified atom stereocenters. The number of ether oxygens (including phenoxy) is 1. The van der Waals surface area contributed by atoms with E-state index in [0.29, 0.717) is 13.2 Å². The molecule has 0 aromatic rings. The molecule has 0 spiro atoms. The Hall–Kier alpha value is -0.190. The van der Waals surface area contributed by atoms with Gasteiger partial charge in [-0.3, -0.25) is 4.39 Å². The van der Waals surface area contributed by atoms with Gasteiger partial charge in [0.05, 0.1) is 26.5 Å². The number of morpholine rings is 1. The Bertz CT molecular complexity index is 133. The Balaban J connectivity index is 2.51. The standard InChI is InChI=1S/C8H16FNO2/c1-8(5-9,6-11)7-4-12-3-2-10-7/h7,10-11H,2-6H2,1H3. The van der Waals surface area contributed by atoms with Gasteiger partial charge in [-0.05, 0) is 0 Å². The van der Waals surface area contributed by atoms with Crippen LogP contribution in [0.4, 0.5) is 4.39 Å². The fraction of sp³-hybridized carbons (Fsp3) is 1.00. The third-order valence-electron chi connectivity index (χ3n) is 2.43. The molecule has 4 heteroatoms. The molecule has 1 aliphatic rings. The predicted molar refractivity (Wildman–Crippen MR) is 43.8 cm³/mol. The van der Waals surface area contributed by atoms with Crippen molar-refractivity contribution in [3.05, 3.63) is 0 Å². The predicted octanol–water partition coefficient (Wildman–Crippen LogP) is -0.0571. The van der Waals surface area contributed by atoms with Gasteiger partial charge in [-0.25, -0.2) is 0 Å². The van der Waals surface area contributed by atoms with E-state index in [1.165, 1.54) is 0 Å². The molecule has 72 valence electrons. The van der Waals surface area contributed by atoms with Gasteiger partial charge < -0.3 is 15.2 Å². The zero-order chi connectivity index (χ0) is 9.03. The molecule has 0 bridgehead atoms. The van der Waals surface area contributed by atoms with Crippen LogP contribution >= 0.6 is 0 Å². The van der Waals surface area contributed by atoms with Crippen LogP contribution in [0, 0.1) is 5.41 Å². The van der Waals surface area contributed by atoms with Crippen molar-refractivity contribution in [3.8, 4) is 0 Å². The SMILES string of the molecule is CC(CO)(CF)C1COCCN1. The Morgan fingerprint density at radius 2 is 2.50 bits per heavy atom. The summed E-state index contributed by atoms with van der Waals surface area (Å²) in [4.78, 5) is 0. The topological polar surface area (TPSA) is 41.5 Å². The first-order valence-corrected chi connectivity index (χ1v) is 4.21. The van der Waals surface area contributed by atoms with Gasteiger partial charge in [0, 0.05) is 18.0 Å². The average molecular weight is 177 g/mol. The minimum atomic E-state index is -0.694. The summed E-state index contributed by atoms with van der Waals surface area (Å²) in [5.74, 6) is 0. The molecular formula is C8H16FNO2. The van der Waals surface area contributed by atoms with Crippen molar-refractivity contribution in [3.63, 3.8) is 0 Å². The maximum atomic E-state index is 12.6. The highest BCUT2D eigenvalue weighted by Gasteiger charge is 2.35. The van der Waals surface area contributed by atoms with Gasteiger partial charge >= 0.3 is 0 Å². The second-order valence-corrected chi connectivity index (χ2v) is 3.53. The van der Waals surface area contributed by atoms with Crippen molar-refractivity contribution in [2.75, 3.05) is 33.0 Å². The van der Waals surface area contributed by atoms with Crippen LogP contribution in [0.15, 0.2) is 0 Å². The molecule has 2 atom stereocenters. The van der Waals surface area contributed by atoms with Gasteiger partial charge in [-0.15, -0.1) is 0 Å². The quantitative estimate of drug-likeness (QED) is 0.634. The van der Waals surface area contributed by atoms with Gasteiger partial charge in [0.2, 0.25) is 0 Å². The lowest BCUT2D eigenvalue weighted by Crippen LogP contribution is -2.53. The monoisotopic (exact) mass is 177 g/mol. The van der Waals surface area contributed by atoms with Crippen molar-refractivity contribution in [1.82, 2.24) is 5.32 Å². The van der Waals surface area contributed by atoms with Crippen LogP contribution in [-0.4, -0.2) is 44.2 Å². The van der Waals surface area contributed by atoms with E-state index in [2.05, 4.69) is 5.32 Å². The van der Waals surface area contributed by atoms with Gasteiger partial charge in [0.25, 0.3) is 0 Å². The van der Waals surface area contributed by atoms with Crippen molar-refractivity contribution >= 4 is 0 Å². The number of hydrogen-bond donors (Lipinski definition) is 2.